The summed E-state index contributed by atoms with van der Waals surface area (Å²) in [5.74, 6) is 1.63. The molecule has 4 rings (SSSR count). The van der Waals surface area contributed by atoms with Gasteiger partial charge in [-0.1, -0.05) is 6.92 Å². The number of carbonyl (C=O) groups excluding carboxylic acids is 2. The van der Waals surface area contributed by atoms with Crippen molar-refractivity contribution in [2.45, 2.75) is 70.5 Å². The summed E-state index contributed by atoms with van der Waals surface area (Å²) in [4.78, 5) is 33.0. The van der Waals surface area contributed by atoms with Crippen molar-refractivity contribution >= 4 is 11.8 Å². The molecule has 0 spiro atoms. The molecule has 3 saturated heterocycles. The monoisotopic (exact) mass is 364 g/mol. The lowest BCUT2D eigenvalue weighted by atomic mass is 9.81. The van der Waals surface area contributed by atoms with Crippen molar-refractivity contribution in [1.29, 1.82) is 0 Å². The first kappa shape index (κ1) is 18.2. The minimum absolute atomic E-state index is 0.00829. The molecule has 3 heterocycles. The molecule has 3 aliphatic heterocycles. The quantitative estimate of drug-likeness (QED) is 0.755. The maximum Gasteiger partial charge on any atom is 0.275 e. The molecule has 2 amide bonds. The Bertz CT molecular complexity index is 526. The summed E-state index contributed by atoms with van der Waals surface area (Å²) in [7, 11) is 0. The van der Waals surface area contributed by atoms with Gasteiger partial charge in [-0.05, 0) is 63.2 Å². The highest BCUT2D eigenvalue weighted by Crippen LogP contribution is 2.36. The Labute approximate surface area is 156 Å². The van der Waals surface area contributed by atoms with Crippen molar-refractivity contribution in [3.8, 4) is 0 Å². The van der Waals surface area contributed by atoms with Crippen LogP contribution in [0.1, 0.15) is 58.3 Å². The summed E-state index contributed by atoms with van der Waals surface area (Å²) >= 11 is 0. The third-order valence-electron chi connectivity index (χ3n) is 6.75. The number of hydrogen-bond donors (Lipinski definition) is 0. The Morgan fingerprint density at radius 2 is 1.77 bits per heavy atom. The summed E-state index contributed by atoms with van der Waals surface area (Å²) in [6, 6.07) is 0. The van der Waals surface area contributed by atoms with Crippen LogP contribution in [0.3, 0.4) is 0 Å². The molecule has 0 unspecified atom stereocenters. The molecule has 4 fully saturated rings. The second-order valence-corrected chi connectivity index (χ2v) is 8.67. The zero-order chi connectivity index (χ0) is 18.1. The van der Waals surface area contributed by atoms with Crippen LogP contribution in [0, 0.1) is 17.8 Å². The van der Waals surface area contributed by atoms with Crippen LogP contribution in [0.4, 0.5) is 0 Å². The Morgan fingerprint density at radius 1 is 0.962 bits per heavy atom. The fourth-order valence-corrected chi connectivity index (χ4v) is 4.99. The van der Waals surface area contributed by atoms with Crippen LogP contribution in [0.2, 0.25) is 0 Å². The van der Waals surface area contributed by atoms with Gasteiger partial charge in [-0.2, -0.15) is 0 Å². The molecule has 0 radical (unpaired) electrons. The number of carbonyl (C=O) groups is 2. The molecule has 6 heteroatoms. The molecule has 1 saturated carbocycles. The van der Waals surface area contributed by atoms with Gasteiger partial charge in [0.2, 0.25) is 5.91 Å². The average Bonchev–Trinajstić information content (AvgIpc) is 3.11. The van der Waals surface area contributed by atoms with Gasteiger partial charge in [0, 0.05) is 25.6 Å². The third kappa shape index (κ3) is 3.77. The Hall–Kier alpha value is -1.14. The topological polar surface area (TPSA) is 59.1 Å². The average molecular weight is 364 g/mol. The van der Waals surface area contributed by atoms with Gasteiger partial charge in [0.05, 0.1) is 12.7 Å². The lowest BCUT2D eigenvalue weighted by Crippen LogP contribution is -2.48. The largest absolute Gasteiger partial charge is 0.363 e. The SMILES string of the molecule is CC1CCC(C(=O)N2CC[C@H]3C[C@@H](C(=O)N4CCCCO4)O[C@@H]3C2)CC1. The van der Waals surface area contributed by atoms with Crippen LogP contribution in [-0.4, -0.2) is 60.2 Å². The maximum absolute atomic E-state index is 12.9. The number of likely N-dealkylation sites (tertiary alicyclic amines) is 1. The number of hydroxylamine groups is 2. The molecule has 0 bridgehead atoms. The molecular weight excluding hydrogens is 332 g/mol. The van der Waals surface area contributed by atoms with E-state index in [0.29, 0.717) is 31.5 Å². The minimum atomic E-state index is -0.395. The Morgan fingerprint density at radius 3 is 2.50 bits per heavy atom. The zero-order valence-electron chi connectivity index (χ0n) is 15.9. The highest BCUT2D eigenvalue weighted by molar-refractivity contribution is 5.81. The second kappa shape index (κ2) is 7.85. The molecule has 0 aromatic carbocycles. The molecule has 0 N–H and O–H groups in total. The summed E-state index contributed by atoms with van der Waals surface area (Å²) in [5, 5.41) is 1.50. The van der Waals surface area contributed by atoms with Crippen molar-refractivity contribution in [3.63, 3.8) is 0 Å². The molecule has 0 aromatic rings. The molecule has 3 atom stereocenters. The summed E-state index contributed by atoms with van der Waals surface area (Å²) in [6.45, 7) is 5.03. The van der Waals surface area contributed by atoms with Crippen LogP contribution in [0.25, 0.3) is 0 Å². The van der Waals surface area contributed by atoms with E-state index >= 15 is 0 Å². The van der Waals surface area contributed by atoms with Gasteiger partial charge in [-0.15, -0.1) is 0 Å². The summed E-state index contributed by atoms with van der Waals surface area (Å²) in [5.41, 5.74) is 0. The van der Waals surface area contributed by atoms with Gasteiger partial charge in [0.15, 0.2) is 0 Å². The van der Waals surface area contributed by atoms with E-state index in [2.05, 4.69) is 6.92 Å². The highest BCUT2D eigenvalue weighted by atomic mass is 16.7. The van der Waals surface area contributed by atoms with Gasteiger partial charge in [-0.25, -0.2) is 5.06 Å². The van der Waals surface area contributed by atoms with Crippen LogP contribution >= 0.6 is 0 Å². The van der Waals surface area contributed by atoms with E-state index in [1.54, 1.807) is 0 Å². The van der Waals surface area contributed by atoms with Crippen LogP contribution in [0.15, 0.2) is 0 Å². The van der Waals surface area contributed by atoms with Crippen molar-refractivity contribution in [1.82, 2.24) is 9.96 Å². The number of fused-ring (bicyclic) bond motifs is 1. The molecule has 6 nitrogen and oxygen atoms in total. The normalized spacial score (nSPS) is 38.1. The van der Waals surface area contributed by atoms with Gasteiger partial charge in [-0.3, -0.25) is 14.4 Å². The standard InChI is InChI=1S/C20H32N2O4/c1-14-4-6-15(7-5-14)19(23)21-10-8-16-12-17(26-18(16)13-21)20(24)22-9-2-3-11-25-22/h14-18H,2-13H2,1H3/t14?,15?,16-,17-,18+/m0/s1. The third-order valence-corrected chi connectivity index (χ3v) is 6.75. The molecule has 26 heavy (non-hydrogen) atoms. The first-order valence-corrected chi connectivity index (χ1v) is 10.5. The first-order chi connectivity index (χ1) is 12.6. The van der Waals surface area contributed by atoms with E-state index in [4.69, 9.17) is 9.57 Å². The first-order valence-electron chi connectivity index (χ1n) is 10.5. The summed E-state index contributed by atoms with van der Waals surface area (Å²) < 4.78 is 6.10. The predicted molar refractivity (Wildman–Crippen MR) is 96.0 cm³/mol. The lowest BCUT2D eigenvalue weighted by Gasteiger charge is -2.37. The van der Waals surface area contributed by atoms with E-state index in [1.807, 2.05) is 4.90 Å². The number of amides is 2. The number of piperidine rings is 1. The number of nitrogens with zero attached hydrogens (tertiary/aromatic N) is 2. The van der Waals surface area contributed by atoms with Gasteiger partial charge < -0.3 is 9.64 Å². The van der Waals surface area contributed by atoms with Gasteiger partial charge >= 0.3 is 0 Å². The van der Waals surface area contributed by atoms with Crippen LogP contribution in [-0.2, 0) is 19.2 Å². The maximum atomic E-state index is 12.9. The van der Waals surface area contributed by atoms with Crippen molar-refractivity contribution < 1.29 is 19.2 Å². The lowest BCUT2D eigenvalue weighted by molar-refractivity contribution is -0.206. The zero-order valence-corrected chi connectivity index (χ0v) is 15.9. The Balaban J connectivity index is 1.31. The molecule has 146 valence electrons. The molecule has 1 aliphatic carbocycles. The van der Waals surface area contributed by atoms with E-state index < -0.39 is 6.10 Å². The van der Waals surface area contributed by atoms with Crippen molar-refractivity contribution in [3.05, 3.63) is 0 Å². The van der Waals surface area contributed by atoms with Crippen LogP contribution < -0.4 is 0 Å². The number of ether oxygens (including phenoxy) is 1. The smallest absolute Gasteiger partial charge is 0.275 e. The van der Waals surface area contributed by atoms with E-state index in [9.17, 15) is 9.59 Å². The van der Waals surface area contributed by atoms with Crippen molar-refractivity contribution in [2.75, 3.05) is 26.2 Å². The van der Waals surface area contributed by atoms with Gasteiger partial charge in [0.25, 0.3) is 5.91 Å². The summed E-state index contributed by atoms with van der Waals surface area (Å²) in [6.07, 6.45) is 7.72. The fourth-order valence-electron chi connectivity index (χ4n) is 4.99. The number of rotatable bonds is 2. The van der Waals surface area contributed by atoms with E-state index in [0.717, 1.165) is 51.0 Å². The predicted octanol–water partition coefficient (Wildman–Crippen LogP) is 2.37. The Kier molecular flexibility index (Phi) is 5.50. The molecular formula is C20H32N2O4. The second-order valence-electron chi connectivity index (χ2n) is 8.67. The van der Waals surface area contributed by atoms with Crippen molar-refractivity contribution in [2.24, 2.45) is 17.8 Å². The number of hydrogen-bond acceptors (Lipinski definition) is 4. The van der Waals surface area contributed by atoms with E-state index in [1.165, 1.54) is 17.9 Å². The fraction of sp³-hybridized carbons (Fsp3) is 0.900. The molecule has 0 aromatic heterocycles. The highest BCUT2D eigenvalue weighted by Gasteiger charge is 2.45. The van der Waals surface area contributed by atoms with Crippen LogP contribution in [0.5, 0.6) is 0 Å². The van der Waals surface area contributed by atoms with E-state index in [-0.39, 0.29) is 17.9 Å². The van der Waals surface area contributed by atoms with Gasteiger partial charge in [0.1, 0.15) is 6.10 Å². The minimum Gasteiger partial charge on any atom is -0.363 e. The molecule has 4 aliphatic rings.